The van der Waals surface area contributed by atoms with Gasteiger partial charge in [0.05, 0.1) is 12.5 Å². The number of likely N-dealkylation sites (N-methyl/N-ethyl adjacent to an activating group) is 1. The van der Waals surface area contributed by atoms with Crippen molar-refractivity contribution in [3.05, 3.63) is 77.6 Å². The molecule has 0 radical (unpaired) electrons. The average Bonchev–Trinajstić information content (AvgIpc) is 3.29. The highest BCUT2D eigenvalue weighted by Gasteiger charge is 2.30. The molecule has 0 saturated heterocycles. The van der Waals surface area contributed by atoms with Gasteiger partial charge in [-0.1, -0.05) is 59.8 Å². The Bertz CT molecular complexity index is 886. The van der Waals surface area contributed by atoms with Crippen molar-refractivity contribution in [3.63, 3.8) is 0 Å². The molecular formula is C21H20N2O2. The van der Waals surface area contributed by atoms with Gasteiger partial charge in [-0.25, -0.2) is 0 Å². The second-order valence-electron chi connectivity index (χ2n) is 6.53. The normalized spacial score (nSPS) is 15.8. The standard InChI is InChI=1S/C21H20N2O2/c1-23(21(24)19-12-11-15-7-5-6-10-18(15)19)14-17-13-20(22-25-17)16-8-3-2-4-9-16/h2-10,13,19H,11-12,14H2,1H3/t19-/m0/s1. The Hall–Kier alpha value is -2.88. The summed E-state index contributed by atoms with van der Waals surface area (Å²) in [5, 5.41) is 4.12. The largest absolute Gasteiger partial charge is 0.359 e. The van der Waals surface area contributed by atoms with Crippen LogP contribution in [0.25, 0.3) is 11.3 Å². The summed E-state index contributed by atoms with van der Waals surface area (Å²) in [4.78, 5) is 14.6. The molecule has 0 saturated carbocycles. The molecule has 1 aromatic heterocycles. The summed E-state index contributed by atoms with van der Waals surface area (Å²) in [6.07, 6.45) is 1.86. The summed E-state index contributed by atoms with van der Waals surface area (Å²) in [5.74, 6) is 0.793. The molecule has 2 aromatic carbocycles. The maximum absolute atomic E-state index is 12.9. The number of nitrogens with zero attached hydrogens (tertiary/aromatic N) is 2. The van der Waals surface area contributed by atoms with Gasteiger partial charge in [0.15, 0.2) is 5.76 Å². The minimum atomic E-state index is -0.0438. The molecule has 3 aromatic rings. The van der Waals surface area contributed by atoms with E-state index in [-0.39, 0.29) is 11.8 Å². The van der Waals surface area contributed by atoms with Crippen molar-refractivity contribution >= 4 is 5.91 Å². The van der Waals surface area contributed by atoms with Gasteiger partial charge in [-0.3, -0.25) is 4.79 Å². The van der Waals surface area contributed by atoms with E-state index in [1.54, 1.807) is 4.90 Å². The number of rotatable bonds is 4. The molecule has 1 aliphatic rings. The Morgan fingerprint density at radius 3 is 2.76 bits per heavy atom. The summed E-state index contributed by atoms with van der Waals surface area (Å²) >= 11 is 0. The van der Waals surface area contributed by atoms with Gasteiger partial charge < -0.3 is 9.42 Å². The number of carbonyl (C=O) groups is 1. The maximum atomic E-state index is 12.9. The summed E-state index contributed by atoms with van der Waals surface area (Å²) in [5.41, 5.74) is 4.26. The third-order valence-corrected chi connectivity index (χ3v) is 4.83. The van der Waals surface area contributed by atoms with Crippen LogP contribution < -0.4 is 0 Å². The van der Waals surface area contributed by atoms with E-state index in [0.29, 0.717) is 12.3 Å². The zero-order chi connectivity index (χ0) is 17.2. The van der Waals surface area contributed by atoms with Crippen LogP contribution in [0.5, 0.6) is 0 Å². The Balaban J connectivity index is 1.47. The Morgan fingerprint density at radius 2 is 1.92 bits per heavy atom. The maximum Gasteiger partial charge on any atom is 0.230 e. The second kappa shape index (κ2) is 6.55. The van der Waals surface area contributed by atoms with Crippen molar-refractivity contribution < 1.29 is 9.32 Å². The first-order valence-electron chi connectivity index (χ1n) is 8.56. The first-order chi connectivity index (χ1) is 12.2. The van der Waals surface area contributed by atoms with E-state index in [1.165, 1.54) is 11.1 Å². The molecule has 0 spiro atoms. The average molecular weight is 332 g/mol. The minimum Gasteiger partial charge on any atom is -0.359 e. The van der Waals surface area contributed by atoms with Gasteiger partial charge in [0.25, 0.3) is 0 Å². The molecule has 0 bridgehead atoms. The van der Waals surface area contributed by atoms with Crippen molar-refractivity contribution in [2.75, 3.05) is 7.05 Å². The van der Waals surface area contributed by atoms with Gasteiger partial charge in [0.1, 0.15) is 5.69 Å². The number of hydrogen-bond donors (Lipinski definition) is 0. The van der Waals surface area contributed by atoms with Gasteiger partial charge in [-0.15, -0.1) is 0 Å². The fourth-order valence-corrected chi connectivity index (χ4v) is 3.52. The van der Waals surface area contributed by atoms with Gasteiger partial charge >= 0.3 is 0 Å². The van der Waals surface area contributed by atoms with Gasteiger partial charge in [0, 0.05) is 18.7 Å². The van der Waals surface area contributed by atoms with Crippen molar-refractivity contribution in [1.82, 2.24) is 10.1 Å². The van der Waals surface area contributed by atoms with Crippen molar-refractivity contribution in [2.24, 2.45) is 0 Å². The van der Waals surface area contributed by atoms with Gasteiger partial charge in [-0.2, -0.15) is 0 Å². The lowest BCUT2D eigenvalue weighted by Gasteiger charge is -2.20. The molecule has 0 aliphatic heterocycles. The van der Waals surface area contributed by atoms with Crippen LogP contribution in [0.15, 0.2) is 65.2 Å². The summed E-state index contributed by atoms with van der Waals surface area (Å²) in [6, 6.07) is 20.0. The van der Waals surface area contributed by atoms with E-state index < -0.39 is 0 Å². The predicted molar refractivity (Wildman–Crippen MR) is 95.9 cm³/mol. The lowest BCUT2D eigenvalue weighted by molar-refractivity contribution is -0.132. The number of fused-ring (bicyclic) bond motifs is 1. The zero-order valence-corrected chi connectivity index (χ0v) is 14.2. The van der Waals surface area contributed by atoms with E-state index in [4.69, 9.17) is 4.52 Å². The quantitative estimate of drug-likeness (QED) is 0.724. The first kappa shape index (κ1) is 15.6. The molecular weight excluding hydrogens is 312 g/mol. The lowest BCUT2D eigenvalue weighted by Crippen LogP contribution is -2.30. The molecule has 126 valence electrons. The van der Waals surface area contributed by atoms with Crippen LogP contribution in [0.4, 0.5) is 0 Å². The Labute approximate surface area is 147 Å². The molecule has 4 rings (SSSR count). The van der Waals surface area contributed by atoms with E-state index >= 15 is 0 Å². The number of amides is 1. The molecule has 0 unspecified atom stereocenters. The third kappa shape index (κ3) is 3.07. The monoisotopic (exact) mass is 332 g/mol. The molecule has 1 atom stereocenters. The number of aromatic nitrogens is 1. The molecule has 1 amide bonds. The van der Waals surface area contributed by atoms with E-state index in [0.717, 1.165) is 24.1 Å². The molecule has 1 heterocycles. The van der Waals surface area contributed by atoms with Gasteiger partial charge in [0.2, 0.25) is 5.91 Å². The van der Waals surface area contributed by atoms with E-state index in [1.807, 2.05) is 55.6 Å². The molecule has 1 aliphatic carbocycles. The number of benzene rings is 2. The Morgan fingerprint density at radius 1 is 1.16 bits per heavy atom. The predicted octanol–water partition coefficient (Wildman–Crippen LogP) is 4.03. The molecule has 0 fully saturated rings. The third-order valence-electron chi connectivity index (χ3n) is 4.83. The molecule has 25 heavy (non-hydrogen) atoms. The summed E-state index contributed by atoms with van der Waals surface area (Å²) in [6.45, 7) is 0.428. The topological polar surface area (TPSA) is 46.3 Å². The highest BCUT2D eigenvalue weighted by molar-refractivity contribution is 5.84. The van der Waals surface area contributed by atoms with Crippen molar-refractivity contribution in [3.8, 4) is 11.3 Å². The van der Waals surface area contributed by atoms with Crippen LogP contribution in [0.1, 0.15) is 29.2 Å². The highest BCUT2D eigenvalue weighted by atomic mass is 16.5. The van der Waals surface area contributed by atoms with Crippen molar-refractivity contribution in [1.29, 1.82) is 0 Å². The van der Waals surface area contributed by atoms with Crippen LogP contribution >= 0.6 is 0 Å². The van der Waals surface area contributed by atoms with Crippen LogP contribution in [0, 0.1) is 0 Å². The first-order valence-corrected chi connectivity index (χ1v) is 8.56. The SMILES string of the molecule is CN(Cc1cc(-c2ccccc2)no1)C(=O)[C@H]1CCc2ccccc21. The highest BCUT2D eigenvalue weighted by Crippen LogP contribution is 2.34. The number of aryl methyl sites for hydroxylation is 1. The zero-order valence-electron chi connectivity index (χ0n) is 14.2. The number of hydrogen-bond acceptors (Lipinski definition) is 3. The smallest absolute Gasteiger partial charge is 0.230 e. The molecule has 0 N–H and O–H groups in total. The van der Waals surface area contributed by atoms with Crippen LogP contribution in [-0.2, 0) is 17.8 Å². The Kier molecular flexibility index (Phi) is 4.10. The summed E-state index contributed by atoms with van der Waals surface area (Å²) < 4.78 is 5.43. The van der Waals surface area contributed by atoms with Crippen LogP contribution in [0.2, 0.25) is 0 Å². The minimum absolute atomic E-state index is 0.0438. The summed E-state index contributed by atoms with van der Waals surface area (Å²) in [7, 11) is 1.83. The lowest BCUT2D eigenvalue weighted by atomic mass is 10.00. The van der Waals surface area contributed by atoms with Gasteiger partial charge in [-0.05, 0) is 24.0 Å². The van der Waals surface area contributed by atoms with E-state index in [9.17, 15) is 4.79 Å². The van der Waals surface area contributed by atoms with E-state index in [2.05, 4.69) is 17.3 Å². The second-order valence-corrected chi connectivity index (χ2v) is 6.53. The fraction of sp³-hybridized carbons (Fsp3) is 0.238. The fourth-order valence-electron chi connectivity index (χ4n) is 3.52. The van der Waals surface area contributed by atoms with Crippen LogP contribution in [0.3, 0.4) is 0 Å². The number of carbonyl (C=O) groups excluding carboxylic acids is 1. The van der Waals surface area contributed by atoms with Crippen molar-refractivity contribution in [2.45, 2.75) is 25.3 Å². The van der Waals surface area contributed by atoms with Crippen LogP contribution in [-0.4, -0.2) is 23.0 Å². The molecule has 4 nitrogen and oxygen atoms in total. The molecule has 4 heteroatoms.